The molecule has 0 aliphatic carbocycles. The summed E-state index contributed by atoms with van der Waals surface area (Å²) in [6, 6.07) is 6.53. The molecule has 2 atom stereocenters. The lowest BCUT2D eigenvalue weighted by molar-refractivity contribution is -0.0375. The topological polar surface area (TPSA) is 9.23 Å². The highest BCUT2D eigenvalue weighted by Gasteiger charge is 2.29. The Morgan fingerprint density at radius 3 is 2.47 bits per heavy atom. The van der Waals surface area contributed by atoms with Gasteiger partial charge in [-0.15, -0.1) is 0 Å². The molecule has 0 N–H and O–H groups in total. The van der Waals surface area contributed by atoms with Crippen molar-refractivity contribution in [3.63, 3.8) is 0 Å². The van der Waals surface area contributed by atoms with Crippen LogP contribution in [0.5, 0.6) is 0 Å². The van der Waals surface area contributed by atoms with Gasteiger partial charge in [0.05, 0.1) is 12.2 Å². The van der Waals surface area contributed by atoms with Gasteiger partial charge in [0.15, 0.2) is 0 Å². The summed E-state index contributed by atoms with van der Waals surface area (Å²) >= 11 is 2.22. The van der Waals surface area contributed by atoms with Crippen LogP contribution >= 0.6 is 34.4 Å². The number of rotatable bonds is 3. The standard InChI is InChI=1S/C13H14F3IOS/c14-13(15,16)19-11-6-4-9(5-7-11)12-3-1-2-10(8-17)18-12/h4-7,10,12H,1-3,8H2/t10-,12+/m1/s1. The van der Waals surface area contributed by atoms with Crippen molar-refractivity contribution in [1.29, 1.82) is 0 Å². The Bertz CT molecular complexity index is 407. The van der Waals surface area contributed by atoms with Crippen LogP contribution in [0.15, 0.2) is 29.2 Å². The van der Waals surface area contributed by atoms with Gasteiger partial charge >= 0.3 is 5.51 Å². The van der Waals surface area contributed by atoms with Crippen molar-refractivity contribution in [3.8, 4) is 0 Å². The minimum atomic E-state index is -4.23. The molecule has 106 valence electrons. The summed E-state index contributed by atoms with van der Waals surface area (Å²) in [5.41, 5.74) is -3.25. The van der Waals surface area contributed by atoms with E-state index in [1.54, 1.807) is 12.1 Å². The lowest BCUT2D eigenvalue weighted by Gasteiger charge is -2.29. The Kier molecular flexibility index (Phi) is 5.42. The summed E-state index contributed by atoms with van der Waals surface area (Å²) in [5.74, 6) is 0. The van der Waals surface area contributed by atoms with Crippen molar-refractivity contribution in [2.75, 3.05) is 4.43 Å². The van der Waals surface area contributed by atoms with Gasteiger partial charge in [-0.2, -0.15) is 13.2 Å². The van der Waals surface area contributed by atoms with Gasteiger partial charge in [0.2, 0.25) is 0 Å². The molecule has 1 saturated heterocycles. The molecule has 1 fully saturated rings. The van der Waals surface area contributed by atoms with E-state index >= 15 is 0 Å². The second-order valence-electron chi connectivity index (χ2n) is 4.45. The fourth-order valence-electron chi connectivity index (χ4n) is 2.14. The molecule has 0 aromatic heterocycles. The van der Waals surface area contributed by atoms with Gasteiger partial charge in [-0.25, -0.2) is 0 Å². The van der Waals surface area contributed by atoms with E-state index in [4.69, 9.17) is 4.74 Å². The van der Waals surface area contributed by atoms with Crippen LogP contribution in [-0.2, 0) is 4.74 Å². The predicted molar refractivity (Wildman–Crippen MR) is 78.7 cm³/mol. The molecule has 2 rings (SSSR count). The zero-order valence-corrected chi connectivity index (χ0v) is 13.1. The Morgan fingerprint density at radius 2 is 1.89 bits per heavy atom. The SMILES string of the molecule is FC(F)(F)Sc1ccc([C@@H]2CCC[C@H](CI)O2)cc1. The van der Waals surface area contributed by atoms with E-state index in [0.29, 0.717) is 0 Å². The van der Waals surface area contributed by atoms with Crippen molar-refractivity contribution < 1.29 is 17.9 Å². The summed E-state index contributed by atoms with van der Waals surface area (Å²) in [6.07, 6.45) is 3.42. The van der Waals surface area contributed by atoms with Gasteiger partial charge in [0.1, 0.15) is 0 Å². The first kappa shape index (κ1) is 15.4. The van der Waals surface area contributed by atoms with E-state index < -0.39 is 5.51 Å². The second-order valence-corrected chi connectivity index (χ2v) is 6.47. The molecule has 0 amide bonds. The van der Waals surface area contributed by atoms with Gasteiger partial charge in [0, 0.05) is 9.32 Å². The van der Waals surface area contributed by atoms with Crippen molar-refractivity contribution in [1.82, 2.24) is 0 Å². The van der Waals surface area contributed by atoms with Crippen LogP contribution in [0.2, 0.25) is 0 Å². The molecule has 6 heteroatoms. The van der Waals surface area contributed by atoms with Gasteiger partial charge in [-0.1, -0.05) is 34.7 Å². The summed E-state index contributed by atoms with van der Waals surface area (Å²) in [7, 11) is 0. The number of hydrogen-bond acceptors (Lipinski definition) is 2. The maximum absolute atomic E-state index is 12.2. The third-order valence-electron chi connectivity index (χ3n) is 3.01. The Balaban J connectivity index is 2.01. The third-order valence-corrected chi connectivity index (χ3v) is 4.73. The molecule has 0 saturated carbocycles. The number of alkyl halides is 4. The monoisotopic (exact) mass is 402 g/mol. The van der Waals surface area contributed by atoms with E-state index in [1.807, 2.05) is 0 Å². The van der Waals surface area contributed by atoms with Crippen LogP contribution < -0.4 is 0 Å². The quantitative estimate of drug-likeness (QED) is 0.383. The van der Waals surface area contributed by atoms with Gasteiger partial charge in [0.25, 0.3) is 0 Å². The van der Waals surface area contributed by atoms with Crippen LogP contribution in [0.3, 0.4) is 0 Å². The molecule has 19 heavy (non-hydrogen) atoms. The van der Waals surface area contributed by atoms with Crippen LogP contribution in [0.25, 0.3) is 0 Å². The zero-order valence-electron chi connectivity index (χ0n) is 10.1. The Labute approximate surface area is 128 Å². The molecule has 1 aromatic rings. The summed E-state index contributed by atoms with van der Waals surface area (Å²) in [5, 5.41) is 0. The average Bonchev–Trinajstić information content (AvgIpc) is 2.38. The first-order chi connectivity index (χ1) is 8.98. The molecule has 1 nitrogen and oxygen atoms in total. The number of benzene rings is 1. The minimum Gasteiger partial charge on any atom is -0.370 e. The highest BCUT2D eigenvalue weighted by atomic mass is 127. The smallest absolute Gasteiger partial charge is 0.370 e. The first-order valence-electron chi connectivity index (χ1n) is 6.05. The Morgan fingerprint density at radius 1 is 1.21 bits per heavy atom. The lowest BCUT2D eigenvalue weighted by atomic mass is 9.99. The molecular weight excluding hydrogens is 388 g/mol. The lowest BCUT2D eigenvalue weighted by Crippen LogP contribution is -2.23. The molecule has 1 aliphatic rings. The maximum Gasteiger partial charge on any atom is 0.446 e. The van der Waals surface area contributed by atoms with E-state index in [2.05, 4.69) is 22.6 Å². The molecule has 0 spiro atoms. The van der Waals surface area contributed by atoms with E-state index in [0.717, 1.165) is 29.3 Å². The fourth-order valence-corrected chi connectivity index (χ4v) is 3.33. The molecular formula is C13H14F3IOS. The predicted octanol–water partition coefficient (Wildman–Crippen LogP) is 5.34. The van der Waals surface area contributed by atoms with E-state index in [9.17, 15) is 13.2 Å². The number of thioether (sulfide) groups is 1. The van der Waals surface area contributed by atoms with Crippen molar-refractivity contribution >= 4 is 34.4 Å². The summed E-state index contributed by atoms with van der Waals surface area (Å²) < 4.78 is 43.6. The third kappa shape index (κ3) is 4.82. The van der Waals surface area contributed by atoms with Gasteiger partial charge in [-0.05, 0) is 48.7 Å². The highest BCUT2D eigenvalue weighted by molar-refractivity contribution is 14.1. The highest BCUT2D eigenvalue weighted by Crippen LogP contribution is 2.38. The molecule has 1 aromatic carbocycles. The largest absolute Gasteiger partial charge is 0.446 e. The van der Waals surface area contributed by atoms with Crippen LogP contribution in [0.4, 0.5) is 13.2 Å². The number of ether oxygens (including phenoxy) is 1. The van der Waals surface area contributed by atoms with Crippen LogP contribution in [-0.4, -0.2) is 16.0 Å². The molecule has 0 bridgehead atoms. The summed E-state index contributed by atoms with van der Waals surface area (Å²) in [6.45, 7) is 0. The molecule has 1 heterocycles. The number of halogens is 4. The molecule has 0 radical (unpaired) electrons. The number of hydrogen-bond donors (Lipinski definition) is 0. The van der Waals surface area contributed by atoms with Gasteiger partial charge in [-0.3, -0.25) is 0 Å². The van der Waals surface area contributed by atoms with E-state index in [-0.39, 0.29) is 28.9 Å². The maximum atomic E-state index is 12.2. The van der Waals surface area contributed by atoms with Crippen molar-refractivity contribution in [2.24, 2.45) is 0 Å². The van der Waals surface area contributed by atoms with Gasteiger partial charge < -0.3 is 4.74 Å². The normalized spacial score (nSPS) is 24.4. The second kappa shape index (κ2) is 6.67. The average molecular weight is 402 g/mol. The van der Waals surface area contributed by atoms with Crippen molar-refractivity contribution in [2.45, 2.75) is 41.9 Å². The van der Waals surface area contributed by atoms with Crippen LogP contribution in [0, 0.1) is 0 Å². The zero-order chi connectivity index (χ0) is 13.9. The summed E-state index contributed by atoms with van der Waals surface area (Å²) in [4.78, 5) is 0.220. The fraction of sp³-hybridized carbons (Fsp3) is 0.538. The first-order valence-corrected chi connectivity index (χ1v) is 8.39. The minimum absolute atomic E-state index is 0.0263. The van der Waals surface area contributed by atoms with Crippen molar-refractivity contribution in [3.05, 3.63) is 29.8 Å². The van der Waals surface area contributed by atoms with Crippen LogP contribution in [0.1, 0.15) is 30.9 Å². The Hall–Kier alpha value is 0.0500. The molecule has 1 aliphatic heterocycles. The molecule has 0 unspecified atom stereocenters. The van der Waals surface area contributed by atoms with E-state index in [1.165, 1.54) is 12.1 Å².